The van der Waals surface area contributed by atoms with Crippen molar-refractivity contribution in [3.63, 3.8) is 0 Å². The van der Waals surface area contributed by atoms with Gasteiger partial charge in [0.05, 0.1) is 17.2 Å². The van der Waals surface area contributed by atoms with Crippen LogP contribution in [-0.2, 0) is 13.1 Å². The zero-order valence-electron chi connectivity index (χ0n) is 15.4. The van der Waals surface area contributed by atoms with Crippen molar-refractivity contribution in [3.8, 4) is 0 Å². The van der Waals surface area contributed by atoms with Gasteiger partial charge in [-0.2, -0.15) is 0 Å². The molecule has 0 aliphatic rings. The fraction of sp³-hybridized carbons (Fsp3) is 0.444. The van der Waals surface area contributed by atoms with Crippen LogP contribution >= 0.6 is 0 Å². The Morgan fingerprint density at radius 3 is 2.65 bits per heavy atom. The minimum absolute atomic E-state index is 0.0721. The lowest BCUT2D eigenvalue weighted by Gasteiger charge is -2.10. The maximum absolute atomic E-state index is 10.8. The number of nitrogens with one attached hydrogen (secondary N) is 2. The molecule has 8 heteroatoms. The number of aromatic nitrogens is 1. The SMILES string of the molecule is CCC(CC)c1cc(CNC(=NC)NCc2cccc([N+](=O)[O-])c2)on1. The number of hydrogen-bond acceptors (Lipinski definition) is 5. The van der Waals surface area contributed by atoms with E-state index < -0.39 is 4.92 Å². The molecule has 0 aliphatic carbocycles. The Balaban J connectivity index is 1.88. The quantitative estimate of drug-likeness (QED) is 0.324. The molecule has 0 radical (unpaired) electrons. The van der Waals surface area contributed by atoms with Crippen LogP contribution in [0.5, 0.6) is 0 Å². The lowest BCUT2D eigenvalue weighted by molar-refractivity contribution is -0.384. The molecule has 8 nitrogen and oxygen atoms in total. The van der Waals surface area contributed by atoms with Gasteiger partial charge in [0.15, 0.2) is 11.7 Å². The van der Waals surface area contributed by atoms with Crippen LogP contribution in [-0.4, -0.2) is 23.1 Å². The van der Waals surface area contributed by atoms with Gasteiger partial charge in [0.25, 0.3) is 5.69 Å². The first-order chi connectivity index (χ1) is 12.6. The van der Waals surface area contributed by atoms with Gasteiger partial charge in [0.2, 0.25) is 0 Å². The number of nitrogens with zero attached hydrogens (tertiary/aromatic N) is 3. The van der Waals surface area contributed by atoms with Crippen molar-refractivity contribution in [2.24, 2.45) is 4.99 Å². The zero-order valence-corrected chi connectivity index (χ0v) is 15.4. The Labute approximate surface area is 152 Å². The Kier molecular flexibility index (Phi) is 7.13. The third kappa shape index (κ3) is 5.30. The van der Waals surface area contributed by atoms with E-state index in [0.717, 1.165) is 29.9 Å². The van der Waals surface area contributed by atoms with Crippen LogP contribution < -0.4 is 10.6 Å². The molecule has 0 fully saturated rings. The minimum Gasteiger partial charge on any atom is -0.359 e. The predicted molar refractivity (Wildman–Crippen MR) is 100.0 cm³/mol. The third-order valence-corrected chi connectivity index (χ3v) is 4.22. The van der Waals surface area contributed by atoms with E-state index in [1.807, 2.05) is 12.1 Å². The van der Waals surface area contributed by atoms with Crippen molar-refractivity contribution in [1.29, 1.82) is 0 Å². The van der Waals surface area contributed by atoms with Crippen LogP contribution in [0.15, 0.2) is 39.8 Å². The molecule has 0 saturated carbocycles. The second-order valence-electron chi connectivity index (χ2n) is 5.94. The van der Waals surface area contributed by atoms with E-state index in [-0.39, 0.29) is 5.69 Å². The maximum Gasteiger partial charge on any atom is 0.269 e. The number of rotatable bonds is 8. The summed E-state index contributed by atoms with van der Waals surface area (Å²) in [4.78, 5) is 14.6. The Morgan fingerprint density at radius 2 is 2.00 bits per heavy atom. The number of non-ortho nitro benzene ring substituents is 1. The van der Waals surface area contributed by atoms with E-state index in [1.165, 1.54) is 6.07 Å². The van der Waals surface area contributed by atoms with Gasteiger partial charge >= 0.3 is 0 Å². The van der Waals surface area contributed by atoms with Crippen LogP contribution in [0.2, 0.25) is 0 Å². The van der Waals surface area contributed by atoms with Crippen LogP contribution in [0.3, 0.4) is 0 Å². The van der Waals surface area contributed by atoms with Gasteiger partial charge < -0.3 is 15.2 Å². The summed E-state index contributed by atoms with van der Waals surface area (Å²) in [5.41, 5.74) is 1.85. The highest BCUT2D eigenvalue weighted by Crippen LogP contribution is 2.22. The normalized spacial score (nSPS) is 11.6. The predicted octanol–water partition coefficient (Wildman–Crippen LogP) is 3.35. The van der Waals surface area contributed by atoms with Crippen LogP contribution in [0.4, 0.5) is 5.69 Å². The van der Waals surface area contributed by atoms with Crippen molar-refractivity contribution in [3.05, 3.63) is 57.5 Å². The Bertz CT molecular complexity index is 753. The van der Waals surface area contributed by atoms with Gasteiger partial charge in [-0.1, -0.05) is 31.1 Å². The molecule has 0 bridgehead atoms. The number of aliphatic imine (C=N–C) groups is 1. The molecule has 140 valence electrons. The van der Waals surface area contributed by atoms with E-state index >= 15 is 0 Å². The molecule has 1 heterocycles. The second-order valence-corrected chi connectivity index (χ2v) is 5.94. The van der Waals surface area contributed by atoms with Crippen molar-refractivity contribution in [2.45, 2.75) is 45.7 Å². The summed E-state index contributed by atoms with van der Waals surface area (Å²) in [6, 6.07) is 8.47. The molecule has 2 aromatic rings. The Hall–Kier alpha value is -2.90. The fourth-order valence-electron chi connectivity index (χ4n) is 2.67. The summed E-state index contributed by atoms with van der Waals surface area (Å²) in [5.74, 6) is 1.74. The standard InChI is InChI=1S/C18H25N5O3/c1-4-14(5-2)17-10-16(26-22-17)12-21-18(19-3)20-11-13-7-6-8-15(9-13)23(24)25/h6-10,14H,4-5,11-12H2,1-3H3,(H2,19,20,21). The number of nitro benzene ring substituents is 1. The van der Waals surface area contributed by atoms with E-state index in [1.54, 1.807) is 19.2 Å². The van der Waals surface area contributed by atoms with Crippen molar-refractivity contribution >= 4 is 11.6 Å². The Morgan fingerprint density at radius 1 is 1.27 bits per heavy atom. The van der Waals surface area contributed by atoms with Gasteiger partial charge in [-0.25, -0.2) is 0 Å². The van der Waals surface area contributed by atoms with Gasteiger partial charge in [0, 0.05) is 37.7 Å². The van der Waals surface area contributed by atoms with Gasteiger partial charge in [0.1, 0.15) is 0 Å². The van der Waals surface area contributed by atoms with E-state index in [2.05, 4.69) is 34.6 Å². The number of hydrogen-bond donors (Lipinski definition) is 2. The molecular weight excluding hydrogens is 334 g/mol. The minimum atomic E-state index is -0.405. The smallest absolute Gasteiger partial charge is 0.269 e. The average Bonchev–Trinajstić information content (AvgIpc) is 3.12. The highest BCUT2D eigenvalue weighted by atomic mass is 16.6. The van der Waals surface area contributed by atoms with Gasteiger partial charge in [-0.05, 0) is 18.4 Å². The highest BCUT2D eigenvalue weighted by Gasteiger charge is 2.13. The summed E-state index contributed by atoms with van der Waals surface area (Å²) >= 11 is 0. The first kappa shape index (κ1) is 19.4. The molecule has 0 unspecified atom stereocenters. The molecule has 2 N–H and O–H groups in total. The summed E-state index contributed by atoms with van der Waals surface area (Å²) in [7, 11) is 1.67. The molecular formula is C18H25N5O3. The van der Waals surface area contributed by atoms with Crippen LogP contribution in [0, 0.1) is 10.1 Å². The molecule has 0 spiro atoms. The van der Waals surface area contributed by atoms with Crippen LogP contribution in [0.1, 0.15) is 49.6 Å². The second kappa shape index (κ2) is 9.55. The van der Waals surface area contributed by atoms with Crippen molar-refractivity contribution in [2.75, 3.05) is 7.05 Å². The maximum atomic E-state index is 10.8. The lowest BCUT2D eigenvalue weighted by Crippen LogP contribution is -2.36. The van der Waals surface area contributed by atoms with Gasteiger partial charge in [-0.3, -0.25) is 15.1 Å². The average molecular weight is 359 g/mol. The molecule has 1 aromatic carbocycles. The van der Waals surface area contributed by atoms with E-state index in [0.29, 0.717) is 25.0 Å². The molecule has 1 aromatic heterocycles. The molecule has 0 atom stereocenters. The molecule has 0 amide bonds. The molecule has 0 saturated heterocycles. The zero-order chi connectivity index (χ0) is 18.9. The fourth-order valence-corrected chi connectivity index (χ4v) is 2.67. The van der Waals surface area contributed by atoms with Crippen molar-refractivity contribution < 1.29 is 9.45 Å². The van der Waals surface area contributed by atoms with E-state index in [9.17, 15) is 10.1 Å². The van der Waals surface area contributed by atoms with E-state index in [4.69, 9.17) is 4.52 Å². The summed E-state index contributed by atoms with van der Waals surface area (Å²) < 4.78 is 5.38. The molecule has 2 rings (SSSR count). The van der Waals surface area contributed by atoms with Crippen LogP contribution in [0.25, 0.3) is 0 Å². The monoisotopic (exact) mass is 359 g/mol. The number of guanidine groups is 1. The summed E-state index contributed by atoms with van der Waals surface area (Å²) in [6.45, 7) is 5.17. The number of benzene rings is 1. The molecule has 0 aliphatic heterocycles. The highest BCUT2D eigenvalue weighted by molar-refractivity contribution is 5.79. The third-order valence-electron chi connectivity index (χ3n) is 4.22. The molecule has 26 heavy (non-hydrogen) atoms. The van der Waals surface area contributed by atoms with Gasteiger partial charge in [-0.15, -0.1) is 0 Å². The first-order valence-corrected chi connectivity index (χ1v) is 8.70. The summed E-state index contributed by atoms with van der Waals surface area (Å²) in [6.07, 6.45) is 2.06. The lowest BCUT2D eigenvalue weighted by atomic mass is 9.99. The first-order valence-electron chi connectivity index (χ1n) is 8.70. The number of nitro groups is 1. The largest absolute Gasteiger partial charge is 0.359 e. The van der Waals surface area contributed by atoms with Crippen molar-refractivity contribution in [1.82, 2.24) is 15.8 Å². The summed E-state index contributed by atoms with van der Waals surface area (Å²) in [5, 5.41) is 21.3. The topological polar surface area (TPSA) is 106 Å².